The van der Waals surface area contributed by atoms with E-state index in [1.807, 2.05) is 0 Å². The van der Waals surface area contributed by atoms with Crippen LogP contribution in [0.2, 0.25) is 5.02 Å². The number of benzene rings is 1. The van der Waals surface area contributed by atoms with Crippen molar-refractivity contribution in [3.05, 3.63) is 29.3 Å². The van der Waals surface area contributed by atoms with Crippen molar-refractivity contribution in [3.63, 3.8) is 0 Å². The van der Waals surface area contributed by atoms with Crippen molar-refractivity contribution in [2.24, 2.45) is 11.0 Å². The normalized spacial score (nSPS) is 10.1. The number of rotatable bonds is 3. The zero-order valence-corrected chi connectivity index (χ0v) is 9.52. The molecule has 0 atom stereocenters. The van der Waals surface area contributed by atoms with Gasteiger partial charge < -0.3 is 0 Å². The summed E-state index contributed by atoms with van der Waals surface area (Å²) in [7, 11) is 0. The predicted molar refractivity (Wildman–Crippen MR) is 63.0 cm³/mol. The van der Waals surface area contributed by atoms with E-state index in [1.165, 1.54) is 0 Å². The van der Waals surface area contributed by atoms with Crippen LogP contribution in [0.3, 0.4) is 0 Å². The van der Waals surface area contributed by atoms with Gasteiger partial charge in [-0.25, -0.2) is 0 Å². The molecule has 4 nitrogen and oxygen atoms in total. The van der Waals surface area contributed by atoms with Gasteiger partial charge in [-0.15, -0.1) is 0 Å². The third-order valence-corrected chi connectivity index (χ3v) is 2.13. The number of halogens is 2. The van der Waals surface area contributed by atoms with Gasteiger partial charge in [0.2, 0.25) is 0 Å². The summed E-state index contributed by atoms with van der Waals surface area (Å²) in [4.78, 5) is 0. The molecule has 0 amide bonds. The number of hydrazone groups is 1. The van der Waals surface area contributed by atoms with E-state index < -0.39 is 5.92 Å². The standard InChI is InChI=1S/C10H6Cl2N4/c11-9-2-1-3-10(4-9)16(12)15-7-8(5-13)6-14/h1-4,7-8H. The molecule has 16 heavy (non-hydrogen) atoms. The highest BCUT2D eigenvalue weighted by atomic mass is 35.5. The van der Waals surface area contributed by atoms with Gasteiger partial charge in [0.25, 0.3) is 0 Å². The van der Waals surface area contributed by atoms with Crippen LogP contribution in [-0.2, 0) is 0 Å². The fraction of sp³-hybridized carbons (Fsp3) is 0.100. The van der Waals surface area contributed by atoms with E-state index in [4.69, 9.17) is 33.9 Å². The van der Waals surface area contributed by atoms with Crippen LogP contribution >= 0.6 is 23.4 Å². The lowest BCUT2D eigenvalue weighted by Crippen LogP contribution is -2.04. The topological polar surface area (TPSA) is 63.2 Å². The Morgan fingerprint density at radius 3 is 2.62 bits per heavy atom. The van der Waals surface area contributed by atoms with Gasteiger partial charge in [-0.2, -0.15) is 20.2 Å². The van der Waals surface area contributed by atoms with Crippen LogP contribution in [-0.4, -0.2) is 6.21 Å². The Kier molecular flexibility index (Phi) is 4.60. The third-order valence-electron chi connectivity index (χ3n) is 1.62. The zero-order valence-electron chi connectivity index (χ0n) is 8.01. The summed E-state index contributed by atoms with van der Waals surface area (Å²) in [6.07, 6.45) is 1.16. The van der Waals surface area contributed by atoms with Gasteiger partial charge in [0, 0.05) is 16.8 Å². The fourth-order valence-corrected chi connectivity index (χ4v) is 1.22. The summed E-state index contributed by atoms with van der Waals surface area (Å²) in [5, 5.41) is 21.3. The quantitative estimate of drug-likeness (QED) is 0.472. The summed E-state index contributed by atoms with van der Waals surface area (Å²) >= 11 is 11.6. The molecule has 1 aromatic carbocycles. The van der Waals surface area contributed by atoms with Crippen molar-refractivity contribution in [2.75, 3.05) is 4.53 Å². The van der Waals surface area contributed by atoms with E-state index >= 15 is 0 Å². The number of hydrogen-bond acceptors (Lipinski definition) is 4. The Morgan fingerprint density at radius 1 is 1.38 bits per heavy atom. The number of hydrogen-bond donors (Lipinski definition) is 0. The van der Waals surface area contributed by atoms with Gasteiger partial charge in [0.1, 0.15) is 0 Å². The molecule has 0 radical (unpaired) electrons. The molecule has 1 aromatic rings. The summed E-state index contributed by atoms with van der Waals surface area (Å²) in [6, 6.07) is 10.2. The molecule has 1 rings (SSSR count). The van der Waals surface area contributed by atoms with Crippen LogP contribution in [0.5, 0.6) is 0 Å². The van der Waals surface area contributed by atoms with E-state index in [1.54, 1.807) is 36.4 Å². The molecule has 0 spiro atoms. The molecule has 0 aromatic heterocycles. The molecule has 6 heteroatoms. The van der Waals surface area contributed by atoms with E-state index in [9.17, 15) is 0 Å². The first-order chi connectivity index (χ1) is 7.67. The molecule has 0 saturated heterocycles. The predicted octanol–water partition coefficient (Wildman–Crippen LogP) is 2.95. The SMILES string of the molecule is N#CC(C#N)C=NN(Cl)c1cccc(Cl)c1. The van der Waals surface area contributed by atoms with Crippen molar-refractivity contribution in [3.8, 4) is 12.1 Å². The number of anilines is 1. The average Bonchev–Trinajstić information content (AvgIpc) is 2.30. The molecule has 80 valence electrons. The van der Waals surface area contributed by atoms with Crippen molar-refractivity contribution in [1.29, 1.82) is 10.5 Å². The monoisotopic (exact) mass is 252 g/mol. The number of nitriles is 2. The van der Waals surface area contributed by atoms with E-state index in [-0.39, 0.29) is 0 Å². The van der Waals surface area contributed by atoms with Gasteiger partial charge >= 0.3 is 0 Å². The molecule has 0 unspecified atom stereocenters. The Hall–Kier alpha value is -1.75. The molecule has 0 bridgehead atoms. The summed E-state index contributed by atoms with van der Waals surface area (Å²) < 4.78 is 1.02. The van der Waals surface area contributed by atoms with E-state index in [0.717, 1.165) is 10.7 Å². The minimum Gasteiger partial charge on any atom is -0.196 e. The summed E-state index contributed by atoms with van der Waals surface area (Å²) in [5.74, 6) is -0.916. The smallest absolute Gasteiger partial charge is 0.170 e. The van der Waals surface area contributed by atoms with Crippen LogP contribution in [0.1, 0.15) is 0 Å². The Morgan fingerprint density at radius 2 is 2.06 bits per heavy atom. The van der Waals surface area contributed by atoms with Crippen LogP contribution < -0.4 is 4.53 Å². The van der Waals surface area contributed by atoms with Crippen LogP contribution in [0.25, 0.3) is 0 Å². The van der Waals surface area contributed by atoms with Crippen molar-refractivity contribution in [1.82, 2.24) is 0 Å². The van der Waals surface area contributed by atoms with E-state index in [0.29, 0.717) is 10.7 Å². The molecule has 0 aliphatic heterocycles. The Balaban J connectivity index is 2.77. The van der Waals surface area contributed by atoms with E-state index in [2.05, 4.69) is 5.10 Å². The van der Waals surface area contributed by atoms with Gasteiger partial charge in [-0.05, 0) is 18.2 Å². The molecule has 0 fully saturated rings. The van der Waals surface area contributed by atoms with Crippen molar-refractivity contribution >= 4 is 35.3 Å². The van der Waals surface area contributed by atoms with Crippen LogP contribution in [0.15, 0.2) is 29.4 Å². The molecular formula is C10H6Cl2N4. The summed E-state index contributed by atoms with van der Waals surface area (Å²) in [5.41, 5.74) is 0.556. The average molecular weight is 253 g/mol. The third kappa shape index (κ3) is 3.43. The highest BCUT2D eigenvalue weighted by molar-refractivity contribution is 6.31. The molecule has 0 aliphatic carbocycles. The fourth-order valence-electron chi connectivity index (χ4n) is 0.878. The first-order valence-electron chi connectivity index (χ1n) is 4.22. The Labute approximate surface area is 103 Å². The molecule has 0 N–H and O–H groups in total. The maximum absolute atomic E-state index is 8.51. The van der Waals surface area contributed by atoms with Gasteiger partial charge in [-0.1, -0.05) is 17.7 Å². The lowest BCUT2D eigenvalue weighted by Gasteiger charge is -2.08. The first kappa shape index (κ1) is 12.3. The molecule has 0 heterocycles. The van der Waals surface area contributed by atoms with Crippen molar-refractivity contribution < 1.29 is 0 Å². The number of nitrogens with zero attached hydrogens (tertiary/aromatic N) is 4. The van der Waals surface area contributed by atoms with Crippen LogP contribution in [0.4, 0.5) is 5.69 Å². The minimum absolute atomic E-state index is 0.524. The zero-order chi connectivity index (χ0) is 12.0. The van der Waals surface area contributed by atoms with Gasteiger partial charge in [0.05, 0.1) is 24.0 Å². The van der Waals surface area contributed by atoms with Gasteiger partial charge in [-0.3, -0.25) is 0 Å². The largest absolute Gasteiger partial charge is 0.196 e. The first-order valence-corrected chi connectivity index (χ1v) is 4.94. The highest BCUT2D eigenvalue weighted by Crippen LogP contribution is 2.21. The molecule has 0 saturated carbocycles. The van der Waals surface area contributed by atoms with Crippen molar-refractivity contribution in [2.45, 2.75) is 0 Å². The lowest BCUT2D eigenvalue weighted by atomic mass is 10.2. The van der Waals surface area contributed by atoms with Gasteiger partial charge in [0.15, 0.2) is 5.92 Å². The maximum atomic E-state index is 8.51. The highest BCUT2D eigenvalue weighted by Gasteiger charge is 2.04. The second-order valence-electron chi connectivity index (χ2n) is 2.74. The lowest BCUT2D eigenvalue weighted by molar-refractivity contribution is 1.12. The molecular weight excluding hydrogens is 247 g/mol. The minimum atomic E-state index is -0.916. The van der Waals surface area contributed by atoms with Crippen LogP contribution in [0, 0.1) is 28.6 Å². The second kappa shape index (κ2) is 5.97. The maximum Gasteiger partial charge on any atom is 0.170 e. The second-order valence-corrected chi connectivity index (χ2v) is 3.50. The molecule has 0 aliphatic rings. The summed E-state index contributed by atoms with van der Waals surface area (Å²) in [6.45, 7) is 0. The Bertz CT molecular complexity index is 458.